The third kappa shape index (κ3) is 67.7. The molecule has 0 radical (unpaired) electrons. The lowest BCUT2D eigenvalue weighted by molar-refractivity contribution is 0.0110. The standard InChI is InChI=1S/C2H4N2O2.CH2N2/c5-3-1-2-4-6;1-3-2/h1-2,5-6H;1H2/b3-1+,4-2+;. The van der Waals surface area contributed by atoms with Gasteiger partial charge in [-0.25, -0.2) is 0 Å². The summed E-state index contributed by atoms with van der Waals surface area (Å²) in [5, 5.41) is 20.1. The van der Waals surface area contributed by atoms with E-state index in [1.54, 1.807) is 0 Å². The van der Waals surface area contributed by atoms with Gasteiger partial charge in [-0.15, -0.1) is 0 Å². The predicted octanol–water partition coefficient (Wildman–Crippen LogP) is -0.177. The maximum Gasteiger partial charge on any atom is 0.245 e. The van der Waals surface area contributed by atoms with Crippen molar-refractivity contribution in [3.05, 3.63) is 5.53 Å². The van der Waals surface area contributed by atoms with E-state index in [4.69, 9.17) is 15.9 Å². The SMILES string of the molecule is C=[N+]=[N-].O/N=C/C=N/O. The highest BCUT2D eigenvalue weighted by atomic mass is 16.4. The van der Waals surface area contributed by atoms with Crippen LogP contribution >= 0.6 is 0 Å². The average Bonchev–Trinajstić information content (AvgIpc) is 1.86. The van der Waals surface area contributed by atoms with E-state index in [0.717, 1.165) is 12.4 Å². The number of oxime groups is 2. The summed E-state index contributed by atoms with van der Waals surface area (Å²) in [6, 6.07) is 0. The summed E-state index contributed by atoms with van der Waals surface area (Å²) in [6.45, 7) is 2.67. The van der Waals surface area contributed by atoms with Crippen LogP contribution in [0.4, 0.5) is 0 Å². The van der Waals surface area contributed by atoms with E-state index < -0.39 is 0 Å². The van der Waals surface area contributed by atoms with Crippen LogP contribution in [0, 0.1) is 0 Å². The molecule has 0 atom stereocenters. The summed E-state index contributed by atoms with van der Waals surface area (Å²) >= 11 is 0. The molecule has 0 fully saturated rings. The summed E-state index contributed by atoms with van der Waals surface area (Å²) in [5.74, 6) is 0. The van der Waals surface area contributed by atoms with Gasteiger partial charge in [0.25, 0.3) is 0 Å². The van der Waals surface area contributed by atoms with E-state index in [9.17, 15) is 0 Å². The highest BCUT2D eigenvalue weighted by Crippen LogP contribution is 1.45. The van der Waals surface area contributed by atoms with Crippen molar-refractivity contribution in [2.45, 2.75) is 0 Å². The summed E-state index contributed by atoms with van der Waals surface area (Å²) in [4.78, 5) is 2.25. The van der Waals surface area contributed by atoms with E-state index >= 15 is 0 Å². The molecular weight excluding hydrogens is 124 g/mol. The Morgan fingerprint density at radius 3 is 1.67 bits per heavy atom. The Morgan fingerprint density at radius 2 is 1.56 bits per heavy atom. The minimum Gasteiger partial charge on any atom is -0.411 e. The fraction of sp³-hybridized carbons (Fsp3) is 0. The van der Waals surface area contributed by atoms with Crippen molar-refractivity contribution >= 4 is 19.1 Å². The van der Waals surface area contributed by atoms with Gasteiger partial charge in [-0.2, -0.15) is 4.79 Å². The lowest BCUT2D eigenvalue weighted by atomic mass is 10.8. The van der Waals surface area contributed by atoms with Crippen LogP contribution in [0.15, 0.2) is 10.3 Å². The molecule has 0 aliphatic heterocycles. The number of nitrogens with zero attached hydrogens (tertiary/aromatic N) is 4. The van der Waals surface area contributed by atoms with Crippen LogP contribution in [0.1, 0.15) is 0 Å². The topological polar surface area (TPSA) is 102 Å². The molecule has 2 N–H and O–H groups in total. The Kier molecular flexibility index (Phi) is 18.6. The Bertz CT molecular complexity index is 114. The van der Waals surface area contributed by atoms with Gasteiger partial charge in [0.05, 0.1) is 12.4 Å². The highest BCUT2D eigenvalue weighted by molar-refractivity contribution is 6.15. The van der Waals surface area contributed by atoms with Crippen LogP contribution < -0.4 is 0 Å². The first-order chi connectivity index (χ1) is 4.33. The minimum absolute atomic E-state index is 0.944. The third-order valence-electron chi connectivity index (χ3n) is 0.200. The van der Waals surface area contributed by atoms with Crippen LogP contribution in [0.2, 0.25) is 0 Å². The van der Waals surface area contributed by atoms with Gasteiger partial charge in [-0.3, -0.25) is 0 Å². The zero-order valence-electron chi connectivity index (χ0n) is 4.55. The van der Waals surface area contributed by atoms with Gasteiger partial charge in [-0.05, 0) is 0 Å². The molecule has 0 unspecified atom stereocenters. The zero-order valence-corrected chi connectivity index (χ0v) is 4.55. The van der Waals surface area contributed by atoms with Crippen molar-refractivity contribution < 1.29 is 15.2 Å². The molecule has 0 aromatic carbocycles. The first-order valence-corrected chi connectivity index (χ1v) is 1.77. The van der Waals surface area contributed by atoms with E-state index in [-0.39, 0.29) is 0 Å². The summed E-state index contributed by atoms with van der Waals surface area (Å²) in [5.41, 5.74) is 7.08. The van der Waals surface area contributed by atoms with Gasteiger partial charge in [0, 0.05) is 0 Å². The van der Waals surface area contributed by atoms with Crippen molar-refractivity contribution in [3.63, 3.8) is 0 Å². The minimum atomic E-state index is 0.944. The Hall–Kier alpha value is -1.68. The van der Waals surface area contributed by atoms with Crippen LogP contribution in [0.5, 0.6) is 0 Å². The lowest BCUT2D eigenvalue weighted by Crippen LogP contribution is -1.70. The smallest absolute Gasteiger partial charge is 0.245 e. The Morgan fingerprint density at radius 1 is 1.33 bits per heavy atom. The monoisotopic (exact) mass is 130 g/mol. The molecule has 0 rings (SSSR count). The highest BCUT2D eigenvalue weighted by Gasteiger charge is 1.54. The summed E-state index contributed by atoms with van der Waals surface area (Å²) < 4.78 is 0. The van der Waals surface area contributed by atoms with Crippen LogP contribution in [-0.4, -0.2) is 34.4 Å². The zero-order chi connectivity index (χ0) is 7.54. The molecule has 6 nitrogen and oxygen atoms in total. The van der Waals surface area contributed by atoms with Gasteiger partial charge in [-0.1, -0.05) is 10.3 Å². The van der Waals surface area contributed by atoms with Crippen molar-refractivity contribution in [2.75, 3.05) is 0 Å². The molecule has 0 aliphatic carbocycles. The Balaban J connectivity index is 0. The van der Waals surface area contributed by atoms with E-state index in [1.165, 1.54) is 0 Å². The molecule has 0 bridgehead atoms. The second-order valence-corrected chi connectivity index (χ2v) is 0.671. The van der Waals surface area contributed by atoms with E-state index in [2.05, 4.69) is 21.8 Å². The van der Waals surface area contributed by atoms with Gasteiger partial charge >= 0.3 is 0 Å². The Labute approximate surface area is 51.3 Å². The van der Waals surface area contributed by atoms with Crippen molar-refractivity contribution in [3.8, 4) is 0 Å². The second kappa shape index (κ2) is 16.2. The van der Waals surface area contributed by atoms with Gasteiger partial charge in [0.2, 0.25) is 6.72 Å². The molecule has 0 heterocycles. The lowest BCUT2D eigenvalue weighted by Gasteiger charge is -1.62. The molecule has 9 heavy (non-hydrogen) atoms. The van der Waals surface area contributed by atoms with Crippen molar-refractivity contribution in [1.29, 1.82) is 0 Å². The number of hydrogen-bond donors (Lipinski definition) is 2. The van der Waals surface area contributed by atoms with Gasteiger partial charge in [0.15, 0.2) is 0 Å². The van der Waals surface area contributed by atoms with Crippen molar-refractivity contribution in [2.24, 2.45) is 10.3 Å². The second-order valence-electron chi connectivity index (χ2n) is 0.671. The number of rotatable bonds is 1. The predicted molar refractivity (Wildman–Crippen MR) is 31.3 cm³/mol. The van der Waals surface area contributed by atoms with E-state index in [0.29, 0.717) is 0 Å². The quantitative estimate of drug-likeness (QED) is 0.169. The molecule has 0 saturated heterocycles. The van der Waals surface area contributed by atoms with Crippen LogP contribution in [0.3, 0.4) is 0 Å². The molecule has 0 spiro atoms. The van der Waals surface area contributed by atoms with Crippen LogP contribution in [0.25, 0.3) is 5.53 Å². The third-order valence-corrected chi connectivity index (χ3v) is 0.200. The molecule has 6 heteroatoms. The summed E-state index contributed by atoms with van der Waals surface area (Å²) in [6.07, 6.45) is 1.89. The molecule has 0 aliphatic rings. The van der Waals surface area contributed by atoms with Crippen molar-refractivity contribution in [1.82, 2.24) is 0 Å². The largest absolute Gasteiger partial charge is 0.411 e. The van der Waals surface area contributed by atoms with E-state index in [1.807, 2.05) is 0 Å². The maximum atomic E-state index is 7.56. The average molecular weight is 130 g/mol. The molecule has 0 aromatic rings. The molecule has 0 saturated carbocycles. The summed E-state index contributed by atoms with van der Waals surface area (Å²) in [7, 11) is 0. The normalized spacial score (nSPS) is 8.44. The fourth-order valence-corrected chi connectivity index (χ4v) is 0.0596. The molecule has 0 amide bonds. The molecule has 0 aromatic heterocycles. The molecular formula is C3H6N4O2. The van der Waals surface area contributed by atoms with Crippen LogP contribution in [-0.2, 0) is 0 Å². The fourth-order valence-electron chi connectivity index (χ4n) is 0.0596. The first kappa shape index (κ1) is 10.3. The maximum absolute atomic E-state index is 7.56. The van der Waals surface area contributed by atoms with Gasteiger partial charge < -0.3 is 15.9 Å². The molecule has 50 valence electrons. The first-order valence-electron chi connectivity index (χ1n) is 1.77. The number of hydrogen-bond acceptors (Lipinski definition) is 4. The van der Waals surface area contributed by atoms with Gasteiger partial charge in [0.1, 0.15) is 0 Å².